The largest absolute Gasteiger partial charge is 0.495 e. The normalized spacial score (nSPS) is 10.3. The van der Waals surface area contributed by atoms with Gasteiger partial charge in [-0.15, -0.1) is 0 Å². The van der Waals surface area contributed by atoms with Gasteiger partial charge in [-0.05, 0) is 23.6 Å². The fraction of sp³-hybridized carbons (Fsp3) is 0.417. The molecular weight excluding hydrogens is 206 g/mol. The van der Waals surface area contributed by atoms with Gasteiger partial charge in [-0.1, -0.05) is 19.9 Å². The van der Waals surface area contributed by atoms with Crippen LogP contribution in [-0.4, -0.2) is 24.7 Å². The Kier molecular flexibility index (Phi) is 4.31. The van der Waals surface area contributed by atoms with Crippen molar-refractivity contribution < 1.29 is 14.6 Å². The second-order valence-corrected chi connectivity index (χ2v) is 3.82. The smallest absolute Gasteiger partial charge is 0.250 e. The van der Waals surface area contributed by atoms with Crippen molar-refractivity contribution >= 4 is 11.6 Å². The van der Waals surface area contributed by atoms with Gasteiger partial charge in [0.15, 0.2) is 0 Å². The van der Waals surface area contributed by atoms with Crippen molar-refractivity contribution in [2.45, 2.75) is 19.8 Å². The minimum atomic E-state index is -0.533. The van der Waals surface area contributed by atoms with Crippen LogP contribution in [0.5, 0.6) is 5.75 Å². The Morgan fingerprint density at radius 2 is 2.19 bits per heavy atom. The van der Waals surface area contributed by atoms with Crippen LogP contribution < -0.4 is 10.1 Å². The highest BCUT2D eigenvalue weighted by atomic mass is 16.5. The van der Waals surface area contributed by atoms with Crippen LogP contribution in [0.2, 0.25) is 0 Å². The number of ether oxygens (including phenoxy) is 1. The van der Waals surface area contributed by atoms with Gasteiger partial charge in [-0.3, -0.25) is 4.79 Å². The summed E-state index contributed by atoms with van der Waals surface area (Å²) in [5.74, 6) is 0.515. The lowest BCUT2D eigenvalue weighted by molar-refractivity contribution is -0.118. The Bertz CT molecular complexity index is 375. The molecule has 4 nitrogen and oxygen atoms in total. The predicted molar refractivity (Wildman–Crippen MR) is 62.8 cm³/mol. The van der Waals surface area contributed by atoms with E-state index in [1.54, 1.807) is 7.11 Å². The monoisotopic (exact) mass is 223 g/mol. The van der Waals surface area contributed by atoms with E-state index in [-0.39, 0.29) is 0 Å². The molecule has 0 aliphatic rings. The lowest BCUT2D eigenvalue weighted by atomic mass is 10.0. The zero-order chi connectivity index (χ0) is 12.1. The van der Waals surface area contributed by atoms with Crippen molar-refractivity contribution in [2.75, 3.05) is 19.0 Å². The number of hydrogen-bond acceptors (Lipinski definition) is 3. The molecule has 0 radical (unpaired) electrons. The number of amides is 1. The first-order valence-electron chi connectivity index (χ1n) is 5.17. The van der Waals surface area contributed by atoms with Gasteiger partial charge in [0.05, 0.1) is 12.8 Å². The molecule has 0 spiro atoms. The summed E-state index contributed by atoms with van der Waals surface area (Å²) in [6, 6.07) is 5.62. The Morgan fingerprint density at radius 1 is 1.50 bits per heavy atom. The maximum Gasteiger partial charge on any atom is 0.250 e. The number of benzene rings is 1. The van der Waals surface area contributed by atoms with Crippen molar-refractivity contribution in [1.82, 2.24) is 0 Å². The molecule has 0 unspecified atom stereocenters. The predicted octanol–water partition coefficient (Wildman–Crippen LogP) is 1.75. The first-order valence-corrected chi connectivity index (χ1v) is 5.17. The standard InChI is InChI=1S/C12H17NO3/c1-8(2)9-4-5-11(16-3)10(6-9)13-12(15)7-14/h4-6,8,14H,7H2,1-3H3,(H,13,15). The maximum atomic E-state index is 11.1. The van der Waals surface area contributed by atoms with Crippen LogP contribution in [0.4, 0.5) is 5.69 Å². The third kappa shape index (κ3) is 2.97. The third-order valence-electron chi connectivity index (χ3n) is 2.31. The van der Waals surface area contributed by atoms with E-state index in [0.29, 0.717) is 17.4 Å². The molecule has 1 aromatic rings. The summed E-state index contributed by atoms with van der Waals surface area (Å²) in [5.41, 5.74) is 1.70. The first-order chi connectivity index (χ1) is 7.58. The number of carbonyl (C=O) groups is 1. The van der Waals surface area contributed by atoms with E-state index in [9.17, 15) is 4.79 Å². The Labute approximate surface area is 95.2 Å². The molecule has 0 atom stereocenters. The van der Waals surface area contributed by atoms with Crippen molar-refractivity contribution in [3.05, 3.63) is 23.8 Å². The number of aliphatic hydroxyl groups excluding tert-OH is 1. The number of methoxy groups -OCH3 is 1. The van der Waals surface area contributed by atoms with E-state index < -0.39 is 12.5 Å². The van der Waals surface area contributed by atoms with Crippen LogP contribution >= 0.6 is 0 Å². The molecule has 0 aromatic heterocycles. The molecule has 1 amide bonds. The van der Waals surface area contributed by atoms with Crippen molar-refractivity contribution in [3.8, 4) is 5.75 Å². The topological polar surface area (TPSA) is 58.6 Å². The lowest BCUT2D eigenvalue weighted by Gasteiger charge is -2.13. The molecule has 1 aromatic carbocycles. The summed E-state index contributed by atoms with van der Waals surface area (Å²) in [6.07, 6.45) is 0. The molecule has 1 rings (SSSR count). The molecule has 0 aliphatic heterocycles. The SMILES string of the molecule is COc1ccc(C(C)C)cc1NC(=O)CO. The number of hydrogen-bond donors (Lipinski definition) is 2. The number of aliphatic hydroxyl groups is 1. The zero-order valence-electron chi connectivity index (χ0n) is 9.78. The van der Waals surface area contributed by atoms with Crippen molar-refractivity contribution in [2.24, 2.45) is 0 Å². The highest BCUT2D eigenvalue weighted by Gasteiger charge is 2.09. The van der Waals surface area contributed by atoms with E-state index in [0.717, 1.165) is 5.56 Å². The molecule has 16 heavy (non-hydrogen) atoms. The van der Waals surface area contributed by atoms with Crippen LogP contribution in [0.15, 0.2) is 18.2 Å². The second-order valence-electron chi connectivity index (χ2n) is 3.82. The Morgan fingerprint density at radius 3 is 2.69 bits per heavy atom. The highest BCUT2D eigenvalue weighted by Crippen LogP contribution is 2.28. The minimum Gasteiger partial charge on any atom is -0.495 e. The van der Waals surface area contributed by atoms with Gasteiger partial charge in [0.2, 0.25) is 5.91 Å². The van der Waals surface area contributed by atoms with Gasteiger partial charge >= 0.3 is 0 Å². The van der Waals surface area contributed by atoms with Crippen LogP contribution in [0, 0.1) is 0 Å². The Hall–Kier alpha value is -1.55. The molecule has 0 aliphatic carbocycles. The summed E-state index contributed by atoms with van der Waals surface area (Å²) in [5, 5.41) is 11.3. The van der Waals surface area contributed by atoms with Gasteiger partial charge in [0.25, 0.3) is 0 Å². The fourth-order valence-electron chi connectivity index (χ4n) is 1.37. The van der Waals surface area contributed by atoms with Gasteiger partial charge in [0, 0.05) is 0 Å². The quantitative estimate of drug-likeness (QED) is 0.817. The van der Waals surface area contributed by atoms with Crippen LogP contribution in [0.1, 0.15) is 25.3 Å². The molecule has 0 heterocycles. The van der Waals surface area contributed by atoms with E-state index in [1.165, 1.54) is 0 Å². The Balaban J connectivity index is 3.02. The van der Waals surface area contributed by atoms with Crippen LogP contribution in [0.25, 0.3) is 0 Å². The summed E-state index contributed by atoms with van der Waals surface area (Å²) in [7, 11) is 1.54. The molecule has 0 saturated carbocycles. The van der Waals surface area contributed by atoms with Gasteiger partial charge in [-0.25, -0.2) is 0 Å². The fourth-order valence-corrected chi connectivity index (χ4v) is 1.37. The van der Waals surface area contributed by atoms with Gasteiger partial charge in [-0.2, -0.15) is 0 Å². The molecule has 2 N–H and O–H groups in total. The number of nitrogens with one attached hydrogen (secondary N) is 1. The summed E-state index contributed by atoms with van der Waals surface area (Å²) in [6.45, 7) is 3.61. The summed E-state index contributed by atoms with van der Waals surface area (Å²) in [4.78, 5) is 11.1. The maximum absolute atomic E-state index is 11.1. The number of carbonyl (C=O) groups excluding carboxylic acids is 1. The van der Waals surface area contributed by atoms with Crippen LogP contribution in [-0.2, 0) is 4.79 Å². The minimum absolute atomic E-state index is 0.371. The molecule has 0 fully saturated rings. The second kappa shape index (κ2) is 5.51. The van der Waals surface area contributed by atoms with Crippen molar-refractivity contribution in [1.29, 1.82) is 0 Å². The molecular formula is C12H17NO3. The van der Waals surface area contributed by atoms with E-state index in [2.05, 4.69) is 19.2 Å². The first kappa shape index (κ1) is 12.5. The van der Waals surface area contributed by atoms with E-state index in [4.69, 9.17) is 9.84 Å². The molecule has 0 bridgehead atoms. The molecule has 0 saturated heterocycles. The summed E-state index contributed by atoms with van der Waals surface area (Å²) < 4.78 is 5.13. The van der Waals surface area contributed by atoms with E-state index in [1.807, 2.05) is 18.2 Å². The van der Waals surface area contributed by atoms with Crippen molar-refractivity contribution in [3.63, 3.8) is 0 Å². The molecule has 4 heteroatoms. The van der Waals surface area contributed by atoms with Crippen LogP contribution in [0.3, 0.4) is 0 Å². The summed E-state index contributed by atoms with van der Waals surface area (Å²) >= 11 is 0. The number of rotatable bonds is 4. The van der Waals surface area contributed by atoms with Gasteiger partial charge < -0.3 is 15.2 Å². The highest BCUT2D eigenvalue weighted by molar-refractivity contribution is 5.93. The molecule has 88 valence electrons. The average molecular weight is 223 g/mol. The van der Waals surface area contributed by atoms with Gasteiger partial charge in [0.1, 0.15) is 12.4 Å². The lowest BCUT2D eigenvalue weighted by Crippen LogP contribution is -2.16. The third-order valence-corrected chi connectivity index (χ3v) is 2.31. The zero-order valence-corrected chi connectivity index (χ0v) is 9.78. The van der Waals surface area contributed by atoms with E-state index >= 15 is 0 Å². The average Bonchev–Trinajstić information content (AvgIpc) is 2.28. The number of anilines is 1.